The topological polar surface area (TPSA) is 111 Å². The Balaban J connectivity index is 1.52. The highest BCUT2D eigenvalue weighted by Gasteiger charge is 2.22. The van der Waals surface area contributed by atoms with Gasteiger partial charge in [-0.3, -0.25) is 0 Å². The first-order valence-electron chi connectivity index (χ1n) is 14.2. The number of carbonyl (C=O) groups is 2. The van der Waals surface area contributed by atoms with Crippen LogP contribution in [0.5, 0.6) is 17.2 Å². The van der Waals surface area contributed by atoms with Gasteiger partial charge in [0.05, 0.1) is 50.2 Å². The predicted octanol–water partition coefficient (Wildman–Crippen LogP) is 3.92. The lowest BCUT2D eigenvalue weighted by molar-refractivity contribution is 0.0221. The highest BCUT2D eigenvalue weighted by molar-refractivity contribution is 5.91. The molecule has 4 rings (SSSR count). The van der Waals surface area contributed by atoms with Gasteiger partial charge in [0.1, 0.15) is 6.10 Å². The summed E-state index contributed by atoms with van der Waals surface area (Å²) in [6.07, 6.45) is 3.35. The number of methoxy groups -OCH3 is 2. The molecule has 0 N–H and O–H groups in total. The van der Waals surface area contributed by atoms with Crippen LogP contribution in [0.3, 0.4) is 0 Å². The molecule has 220 valence electrons. The third-order valence-electron chi connectivity index (χ3n) is 7.41. The SMILES string of the molecule is COc1cc2cc(c1OC)OCCCC(OC(=O)c1cccc(C#N)c1)CCN1CCCN(CCCOC2=O)CC1. The fourth-order valence-electron chi connectivity index (χ4n) is 5.18. The zero-order chi connectivity index (χ0) is 29.0. The summed E-state index contributed by atoms with van der Waals surface area (Å²) >= 11 is 0. The zero-order valence-electron chi connectivity index (χ0n) is 23.9. The molecule has 2 aromatic carbocycles. The van der Waals surface area contributed by atoms with Gasteiger partial charge in [-0.05, 0) is 75.5 Å². The Labute approximate surface area is 241 Å². The highest BCUT2D eigenvalue weighted by atomic mass is 16.5. The number of benzene rings is 2. The van der Waals surface area contributed by atoms with Crippen LogP contribution in [0.1, 0.15) is 58.4 Å². The van der Waals surface area contributed by atoms with E-state index in [0.717, 1.165) is 52.1 Å². The van der Waals surface area contributed by atoms with Gasteiger partial charge < -0.3 is 33.5 Å². The smallest absolute Gasteiger partial charge is 0.338 e. The summed E-state index contributed by atoms with van der Waals surface area (Å²) in [5, 5.41) is 9.22. The summed E-state index contributed by atoms with van der Waals surface area (Å²) in [7, 11) is 3.02. The third-order valence-corrected chi connectivity index (χ3v) is 7.41. The molecule has 10 heteroatoms. The number of hydrogen-bond donors (Lipinski definition) is 0. The van der Waals surface area contributed by atoms with Crippen molar-refractivity contribution in [2.24, 2.45) is 0 Å². The maximum absolute atomic E-state index is 13.0. The van der Waals surface area contributed by atoms with Crippen LogP contribution in [-0.2, 0) is 9.47 Å². The maximum Gasteiger partial charge on any atom is 0.338 e. The summed E-state index contributed by atoms with van der Waals surface area (Å²) in [6.45, 7) is 6.15. The first kappa shape index (κ1) is 30.2. The first-order valence-corrected chi connectivity index (χ1v) is 14.2. The minimum absolute atomic E-state index is 0.314. The van der Waals surface area contributed by atoms with Gasteiger partial charge >= 0.3 is 11.9 Å². The molecular weight excluding hydrogens is 526 g/mol. The van der Waals surface area contributed by atoms with E-state index in [1.165, 1.54) is 14.2 Å². The number of hydrogen-bond acceptors (Lipinski definition) is 10. The van der Waals surface area contributed by atoms with Crippen molar-refractivity contribution < 1.29 is 33.3 Å². The summed E-state index contributed by atoms with van der Waals surface area (Å²) in [5.41, 5.74) is 1.10. The van der Waals surface area contributed by atoms with Crippen molar-refractivity contribution in [3.8, 4) is 23.3 Å². The van der Waals surface area contributed by atoms with Crippen LogP contribution in [0.25, 0.3) is 0 Å². The Morgan fingerprint density at radius 1 is 0.902 bits per heavy atom. The van der Waals surface area contributed by atoms with Crippen molar-refractivity contribution in [3.05, 3.63) is 53.1 Å². The number of carbonyl (C=O) groups excluding carboxylic acids is 2. The molecule has 41 heavy (non-hydrogen) atoms. The molecule has 0 aromatic heterocycles. The van der Waals surface area contributed by atoms with E-state index in [1.54, 1.807) is 36.4 Å². The van der Waals surface area contributed by atoms with E-state index in [2.05, 4.69) is 15.9 Å². The normalized spacial score (nSPS) is 22.4. The molecule has 2 aliphatic rings. The Kier molecular flexibility index (Phi) is 11.2. The van der Waals surface area contributed by atoms with E-state index in [4.69, 9.17) is 23.7 Å². The molecule has 0 radical (unpaired) electrons. The molecule has 2 aliphatic heterocycles. The van der Waals surface area contributed by atoms with Crippen molar-refractivity contribution in [1.82, 2.24) is 9.80 Å². The molecule has 0 aliphatic carbocycles. The number of nitriles is 1. The lowest BCUT2D eigenvalue weighted by atomic mass is 10.1. The minimum Gasteiger partial charge on any atom is -0.493 e. The number of ether oxygens (including phenoxy) is 5. The van der Waals surface area contributed by atoms with Gasteiger partial charge in [0.25, 0.3) is 0 Å². The standard InChI is InChI=1S/C31H39N3O7/c1-37-27-20-25-21-28(29(27)38-2)39-17-4-9-26(41-31(36)24-8-3-7-23(19-24)22-32)10-14-34-12-5-11-33(15-16-34)13-6-18-40-30(25)35/h3,7-8,19-21,26H,4-6,9-18H2,1-2H3. The van der Waals surface area contributed by atoms with Crippen LogP contribution in [0.4, 0.5) is 0 Å². The van der Waals surface area contributed by atoms with Crippen molar-refractivity contribution >= 4 is 11.9 Å². The summed E-state index contributed by atoms with van der Waals surface area (Å²) < 4.78 is 28.5. The van der Waals surface area contributed by atoms with E-state index in [-0.39, 0.29) is 6.10 Å². The molecule has 0 spiro atoms. The Bertz CT molecular complexity index is 1230. The average molecular weight is 566 g/mol. The molecular formula is C31H39N3O7. The molecule has 3 unspecified atom stereocenters. The maximum atomic E-state index is 13.0. The van der Waals surface area contributed by atoms with Crippen LogP contribution >= 0.6 is 0 Å². The highest BCUT2D eigenvalue weighted by Crippen LogP contribution is 2.39. The number of rotatable bonds is 4. The van der Waals surface area contributed by atoms with E-state index in [0.29, 0.717) is 66.4 Å². The fourth-order valence-corrected chi connectivity index (χ4v) is 5.18. The van der Waals surface area contributed by atoms with Gasteiger partial charge in [0.15, 0.2) is 11.5 Å². The van der Waals surface area contributed by atoms with Crippen molar-refractivity contribution in [3.63, 3.8) is 0 Å². The van der Waals surface area contributed by atoms with Gasteiger partial charge in [-0.25, -0.2) is 9.59 Å². The van der Waals surface area contributed by atoms with E-state index in [1.807, 2.05) is 0 Å². The van der Waals surface area contributed by atoms with Crippen molar-refractivity contribution in [1.29, 1.82) is 5.26 Å². The van der Waals surface area contributed by atoms with Gasteiger partial charge in [0, 0.05) is 26.2 Å². The summed E-state index contributed by atoms with van der Waals surface area (Å²) in [5.74, 6) is 0.269. The lowest BCUT2D eigenvalue weighted by Crippen LogP contribution is -2.34. The molecule has 2 heterocycles. The van der Waals surface area contributed by atoms with Gasteiger partial charge in [0.2, 0.25) is 5.75 Å². The molecule has 10 nitrogen and oxygen atoms in total. The van der Waals surface area contributed by atoms with Gasteiger partial charge in [-0.1, -0.05) is 6.07 Å². The number of nitrogens with zero attached hydrogens (tertiary/aromatic N) is 3. The second-order valence-corrected chi connectivity index (χ2v) is 10.2. The Hall–Kier alpha value is -3.81. The summed E-state index contributed by atoms with van der Waals surface area (Å²) in [6, 6.07) is 11.8. The van der Waals surface area contributed by atoms with Crippen LogP contribution in [0, 0.1) is 11.3 Å². The van der Waals surface area contributed by atoms with E-state index in [9.17, 15) is 14.9 Å². The van der Waals surface area contributed by atoms with Gasteiger partial charge in [-0.15, -0.1) is 0 Å². The largest absolute Gasteiger partial charge is 0.493 e. The monoisotopic (exact) mass is 565 g/mol. The van der Waals surface area contributed by atoms with Crippen molar-refractivity contribution in [2.45, 2.75) is 38.2 Å². The van der Waals surface area contributed by atoms with Crippen molar-refractivity contribution in [2.75, 3.05) is 66.7 Å². The molecule has 0 saturated carbocycles. The average Bonchev–Trinajstić information content (AvgIpc) is 3.23. The first-order chi connectivity index (χ1) is 20.0. The number of cyclic esters (lactones) is 1. The summed E-state index contributed by atoms with van der Waals surface area (Å²) in [4.78, 5) is 30.7. The molecule has 3 atom stereocenters. The zero-order valence-corrected chi connectivity index (χ0v) is 23.9. The Morgan fingerprint density at radius 3 is 2.41 bits per heavy atom. The van der Waals surface area contributed by atoms with Gasteiger partial charge in [-0.2, -0.15) is 5.26 Å². The second-order valence-electron chi connectivity index (χ2n) is 10.2. The molecule has 1 fully saturated rings. The molecule has 0 amide bonds. The van der Waals surface area contributed by atoms with Crippen LogP contribution in [0.2, 0.25) is 0 Å². The predicted molar refractivity (Wildman–Crippen MR) is 152 cm³/mol. The van der Waals surface area contributed by atoms with Crippen LogP contribution < -0.4 is 14.2 Å². The second kappa shape index (κ2) is 15.3. The Morgan fingerprint density at radius 2 is 1.66 bits per heavy atom. The minimum atomic E-state index is -0.441. The quantitative estimate of drug-likeness (QED) is 0.506. The van der Waals surface area contributed by atoms with Crippen LogP contribution in [0.15, 0.2) is 36.4 Å². The molecule has 4 bridgehead atoms. The van der Waals surface area contributed by atoms with E-state index >= 15 is 0 Å². The lowest BCUT2D eigenvalue weighted by Gasteiger charge is -2.24. The van der Waals surface area contributed by atoms with E-state index < -0.39 is 11.9 Å². The number of fused-ring (bicyclic) bond motifs is 5. The molecule has 2 aromatic rings. The third kappa shape index (κ3) is 8.59. The number of esters is 2. The fraction of sp³-hybridized carbons (Fsp3) is 0.516. The van der Waals surface area contributed by atoms with Crippen LogP contribution in [-0.4, -0.2) is 94.5 Å². The molecule has 1 saturated heterocycles.